The van der Waals surface area contributed by atoms with E-state index < -0.39 is 15.6 Å². The van der Waals surface area contributed by atoms with Crippen molar-refractivity contribution in [1.82, 2.24) is 4.72 Å². The van der Waals surface area contributed by atoms with E-state index in [1.54, 1.807) is 13.0 Å². The smallest absolute Gasteiger partial charge is 0.241 e. The summed E-state index contributed by atoms with van der Waals surface area (Å²) < 4.78 is 32.7. The zero-order valence-electron chi connectivity index (χ0n) is 11.0. The standard InChI is InChI=1S/C12H17BrN2O4S/c1-8-10(14)4-9(13)5-11(8)20(17,18)15-6-12(16)2-3-19-7-12/h4-5,15-16H,2-3,6-7,14H2,1H3. The summed E-state index contributed by atoms with van der Waals surface area (Å²) in [4.78, 5) is 0.104. The van der Waals surface area contributed by atoms with Gasteiger partial charge >= 0.3 is 0 Å². The summed E-state index contributed by atoms with van der Waals surface area (Å²) in [6, 6.07) is 3.13. The van der Waals surface area contributed by atoms with Crippen LogP contribution in [0.5, 0.6) is 0 Å². The first-order chi connectivity index (χ1) is 9.23. The van der Waals surface area contributed by atoms with E-state index in [0.29, 0.717) is 28.8 Å². The molecule has 6 nitrogen and oxygen atoms in total. The first kappa shape index (κ1) is 15.7. The number of nitrogen functional groups attached to an aromatic ring is 1. The maximum Gasteiger partial charge on any atom is 0.241 e. The molecule has 1 unspecified atom stereocenters. The van der Waals surface area contributed by atoms with Crippen LogP contribution in [0.2, 0.25) is 0 Å². The Labute approximate surface area is 126 Å². The van der Waals surface area contributed by atoms with Gasteiger partial charge in [0.25, 0.3) is 0 Å². The summed E-state index contributed by atoms with van der Waals surface area (Å²) in [5, 5.41) is 10.1. The molecule has 1 fully saturated rings. The quantitative estimate of drug-likeness (QED) is 0.684. The van der Waals surface area contributed by atoms with Crippen molar-refractivity contribution >= 4 is 31.6 Å². The van der Waals surface area contributed by atoms with Crippen LogP contribution in [0.3, 0.4) is 0 Å². The lowest BCUT2D eigenvalue weighted by molar-refractivity contribution is 0.0314. The number of halogens is 1. The van der Waals surface area contributed by atoms with Crippen molar-refractivity contribution in [3.63, 3.8) is 0 Å². The van der Waals surface area contributed by atoms with Gasteiger partial charge in [0.1, 0.15) is 5.60 Å². The van der Waals surface area contributed by atoms with Gasteiger partial charge in [-0.25, -0.2) is 13.1 Å². The molecule has 8 heteroatoms. The number of nitrogens with one attached hydrogen (secondary N) is 1. The van der Waals surface area contributed by atoms with Crippen molar-refractivity contribution in [3.05, 3.63) is 22.2 Å². The molecule has 0 spiro atoms. The molecule has 0 aliphatic carbocycles. The number of ether oxygens (including phenoxy) is 1. The summed E-state index contributed by atoms with van der Waals surface area (Å²) in [5.41, 5.74) is 5.50. The van der Waals surface area contributed by atoms with Crippen LogP contribution >= 0.6 is 15.9 Å². The molecule has 0 radical (unpaired) electrons. The number of hydrogen-bond acceptors (Lipinski definition) is 5. The molecule has 4 N–H and O–H groups in total. The average molecular weight is 365 g/mol. The number of benzene rings is 1. The largest absolute Gasteiger partial charge is 0.398 e. The number of aliphatic hydroxyl groups is 1. The molecule has 0 bridgehead atoms. The molecule has 1 aromatic carbocycles. The van der Waals surface area contributed by atoms with E-state index in [-0.39, 0.29) is 18.0 Å². The van der Waals surface area contributed by atoms with Crippen LogP contribution in [0.4, 0.5) is 5.69 Å². The first-order valence-corrected chi connectivity index (χ1v) is 8.37. The second-order valence-electron chi connectivity index (χ2n) is 4.97. The van der Waals surface area contributed by atoms with Crippen LogP contribution in [0.25, 0.3) is 0 Å². The fourth-order valence-corrected chi connectivity index (χ4v) is 4.04. The third-order valence-electron chi connectivity index (χ3n) is 3.33. The first-order valence-electron chi connectivity index (χ1n) is 6.09. The molecule has 1 heterocycles. The van der Waals surface area contributed by atoms with Crippen molar-refractivity contribution in [2.45, 2.75) is 23.8 Å². The van der Waals surface area contributed by atoms with Gasteiger partial charge in [-0.2, -0.15) is 0 Å². The number of sulfonamides is 1. The normalized spacial score (nSPS) is 23.1. The molecule has 0 aromatic heterocycles. The van der Waals surface area contributed by atoms with Gasteiger partial charge in [0, 0.05) is 29.7 Å². The Morgan fingerprint density at radius 2 is 2.25 bits per heavy atom. The monoisotopic (exact) mass is 364 g/mol. The van der Waals surface area contributed by atoms with Gasteiger partial charge in [-0.3, -0.25) is 0 Å². The van der Waals surface area contributed by atoms with Crippen molar-refractivity contribution in [2.75, 3.05) is 25.5 Å². The Kier molecular flexibility index (Phi) is 4.41. The van der Waals surface area contributed by atoms with Gasteiger partial charge in [-0.05, 0) is 24.6 Å². The summed E-state index contributed by atoms with van der Waals surface area (Å²) >= 11 is 3.23. The number of hydrogen-bond donors (Lipinski definition) is 3. The van der Waals surface area contributed by atoms with Crippen molar-refractivity contribution in [2.24, 2.45) is 0 Å². The van der Waals surface area contributed by atoms with E-state index in [1.165, 1.54) is 6.07 Å². The molecule has 2 rings (SSSR count). The molecule has 112 valence electrons. The second-order valence-corrected chi connectivity index (χ2v) is 7.62. The van der Waals surface area contributed by atoms with E-state index in [4.69, 9.17) is 10.5 Å². The van der Waals surface area contributed by atoms with E-state index in [1.807, 2.05) is 0 Å². The zero-order chi connectivity index (χ0) is 15.0. The average Bonchev–Trinajstić information content (AvgIpc) is 2.79. The van der Waals surface area contributed by atoms with Gasteiger partial charge in [0.15, 0.2) is 0 Å². The topological polar surface area (TPSA) is 102 Å². The highest BCUT2D eigenvalue weighted by Crippen LogP contribution is 2.26. The summed E-state index contributed by atoms with van der Waals surface area (Å²) in [7, 11) is -3.74. The predicted molar refractivity (Wildman–Crippen MR) is 78.9 cm³/mol. The Morgan fingerprint density at radius 3 is 2.85 bits per heavy atom. The van der Waals surface area contributed by atoms with Gasteiger partial charge in [0.05, 0.1) is 11.5 Å². The van der Waals surface area contributed by atoms with Crippen LogP contribution in [-0.4, -0.2) is 38.9 Å². The summed E-state index contributed by atoms with van der Waals surface area (Å²) in [6.07, 6.45) is 0.412. The minimum absolute atomic E-state index is 0.0822. The molecule has 1 saturated heterocycles. The number of nitrogens with two attached hydrogens (primary N) is 1. The van der Waals surface area contributed by atoms with E-state index in [2.05, 4.69) is 20.7 Å². The molecule has 20 heavy (non-hydrogen) atoms. The second kappa shape index (κ2) is 5.61. The van der Waals surface area contributed by atoms with Crippen molar-refractivity contribution < 1.29 is 18.3 Å². The van der Waals surface area contributed by atoms with Gasteiger partial charge in [-0.1, -0.05) is 15.9 Å². The molecule has 1 atom stereocenters. The van der Waals surface area contributed by atoms with Crippen molar-refractivity contribution in [3.8, 4) is 0 Å². The Balaban J connectivity index is 2.22. The minimum atomic E-state index is -3.74. The lowest BCUT2D eigenvalue weighted by Crippen LogP contribution is -2.43. The van der Waals surface area contributed by atoms with E-state index in [0.717, 1.165) is 0 Å². The lowest BCUT2D eigenvalue weighted by atomic mass is 10.1. The minimum Gasteiger partial charge on any atom is -0.398 e. The fraction of sp³-hybridized carbons (Fsp3) is 0.500. The van der Waals surface area contributed by atoms with Gasteiger partial charge in [0.2, 0.25) is 10.0 Å². The highest BCUT2D eigenvalue weighted by molar-refractivity contribution is 9.10. The summed E-state index contributed by atoms with van der Waals surface area (Å²) in [5.74, 6) is 0. The maximum atomic E-state index is 12.3. The van der Waals surface area contributed by atoms with Gasteiger partial charge < -0.3 is 15.6 Å². The molecule has 0 saturated carbocycles. The maximum absolute atomic E-state index is 12.3. The molecule has 1 aromatic rings. The third-order valence-corrected chi connectivity index (χ3v) is 5.31. The number of anilines is 1. The van der Waals surface area contributed by atoms with Crippen LogP contribution in [0.1, 0.15) is 12.0 Å². The zero-order valence-corrected chi connectivity index (χ0v) is 13.4. The lowest BCUT2D eigenvalue weighted by Gasteiger charge is -2.21. The van der Waals surface area contributed by atoms with Gasteiger partial charge in [-0.15, -0.1) is 0 Å². The fourth-order valence-electron chi connectivity index (χ4n) is 2.00. The Morgan fingerprint density at radius 1 is 1.55 bits per heavy atom. The Hall–Kier alpha value is -0.670. The molecule has 1 aliphatic heterocycles. The highest BCUT2D eigenvalue weighted by atomic mass is 79.9. The molecule has 0 amide bonds. The SMILES string of the molecule is Cc1c(N)cc(Br)cc1S(=O)(=O)NCC1(O)CCOC1. The predicted octanol–water partition coefficient (Wildman–Crippen LogP) is 0.769. The van der Waals surface area contributed by atoms with Crippen LogP contribution in [-0.2, 0) is 14.8 Å². The van der Waals surface area contributed by atoms with Crippen molar-refractivity contribution in [1.29, 1.82) is 0 Å². The molecule has 1 aliphatic rings. The molecular weight excluding hydrogens is 348 g/mol. The Bertz CT molecular complexity index is 612. The van der Waals surface area contributed by atoms with E-state index in [9.17, 15) is 13.5 Å². The number of rotatable bonds is 4. The van der Waals surface area contributed by atoms with Crippen LogP contribution in [0.15, 0.2) is 21.5 Å². The third kappa shape index (κ3) is 3.32. The highest BCUT2D eigenvalue weighted by Gasteiger charge is 2.34. The summed E-state index contributed by atoms with van der Waals surface area (Å²) in [6.45, 7) is 2.13. The van der Waals surface area contributed by atoms with Crippen LogP contribution < -0.4 is 10.5 Å². The molecular formula is C12H17BrN2O4S. The van der Waals surface area contributed by atoms with Crippen LogP contribution in [0, 0.1) is 6.92 Å². The van der Waals surface area contributed by atoms with E-state index >= 15 is 0 Å².